The number of para-hydroxylation sites is 1. The molecule has 0 aliphatic carbocycles. The summed E-state index contributed by atoms with van der Waals surface area (Å²) in [6.45, 7) is 5.21. The summed E-state index contributed by atoms with van der Waals surface area (Å²) in [7, 11) is 1.57. The maximum Gasteiger partial charge on any atom is 0.260 e. The number of ether oxygens (including phenoxy) is 2. The maximum atomic E-state index is 12.1. The second-order valence-corrected chi connectivity index (χ2v) is 5.50. The van der Waals surface area contributed by atoms with Crippen LogP contribution in [0.3, 0.4) is 0 Å². The predicted octanol–water partition coefficient (Wildman–Crippen LogP) is 3.39. The summed E-state index contributed by atoms with van der Waals surface area (Å²) < 4.78 is 11.0. The highest BCUT2D eigenvalue weighted by atomic mass is 16.5. The normalized spacial score (nSPS) is 10.6. The van der Waals surface area contributed by atoms with Crippen LogP contribution in [0.5, 0.6) is 11.5 Å². The Labute approximate surface area is 154 Å². The molecule has 26 heavy (non-hydrogen) atoms. The number of benzene rings is 2. The van der Waals surface area contributed by atoms with E-state index in [4.69, 9.17) is 9.47 Å². The summed E-state index contributed by atoms with van der Waals surface area (Å²) >= 11 is 0. The van der Waals surface area contributed by atoms with Crippen molar-refractivity contribution in [2.24, 2.45) is 5.10 Å². The van der Waals surface area contributed by atoms with Gasteiger partial charge < -0.3 is 14.4 Å². The van der Waals surface area contributed by atoms with Crippen LogP contribution in [0.4, 0.5) is 5.69 Å². The highest BCUT2D eigenvalue weighted by molar-refractivity contribution is 5.82. The Balaban J connectivity index is 1.99. The van der Waals surface area contributed by atoms with Crippen LogP contribution in [0.25, 0.3) is 0 Å². The lowest BCUT2D eigenvalue weighted by atomic mass is 10.2. The van der Waals surface area contributed by atoms with Crippen LogP contribution in [-0.4, -0.2) is 43.8 Å². The molecule has 0 fully saturated rings. The summed E-state index contributed by atoms with van der Waals surface area (Å²) in [5.74, 6) is 1.04. The Morgan fingerprint density at radius 2 is 1.85 bits per heavy atom. The third-order valence-corrected chi connectivity index (χ3v) is 3.84. The van der Waals surface area contributed by atoms with Gasteiger partial charge in [0.15, 0.2) is 18.1 Å². The number of hydrazone groups is 1. The molecule has 2 rings (SSSR count). The van der Waals surface area contributed by atoms with Gasteiger partial charge in [0.1, 0.15) is 0 Å². The Hall–Kier alpha value is -3.02. The molecule has 0 aliphatic heterocycles. The topological polar surface area (TPSA) is 63.2 Å². The largest absolute Gasteiger partial charge is 0.493 e. The first-order valence-corrected chi connectivity index (χ1v) is 8.60. The highest BCUT2D eigenvalue weighted by Gasteiger charge is 2.12. The fourth-order valence-corrected chi connectivity index (χ4v) is 2.38. The van der Waals surface area contributed by atoms with Gasteiger partial charge in [0.2, 0.25) is 0 Å². The van der Waals surface area contributed by atoms with Crippen molar-refractivity contribution in [1.82, 2.24) is 4.90 Å². The molecule has 138 valence electrons. The van der Waals surface area contributed by atoms with Crippen molar-refractivity contribution >= 4 is 17.8 Å². The summed E-state index contributed by atoms with van der Waals surface area (Å²) in [5, 5.41) is 4.20. The van der Waals surface area contributed by atoms with Gasteiger partial charge >= 0.3 is 0 Å². The van der Waals surface area contributed by atoms with Crippen molar-refractivity contribution in [3.8, 4) is 11.5 Å². The molecular weight excluding hydrogens is 330 g/mol. The zero-order valence-electron chi connectivity index (χ0n) is 15.4. The van der Waals surface area contributed by atoms with Crippen molar-refractivity contribution in [3.63, 3.8) is 0 Å². The molecule has 0 bridgehead atoms. The molecule has 0 spiro atoms. The van der Waals surface area contributed by atoms with Gasteiger partial charge in [-0.2, -0.15) is 5.10 Å². The number of anilines is 1. The average Bonchev–Trinajstić information content (AvgIpc) is 2.68. The number of carbonyl (C=O) groups excluding carboxylic acids is 1. The molecule has 0 aromatic heterocycles. The smallest absolute Gasteiger partial charge is 0.260 e. The first-order chi connectivity index (χ1) is 12.7. The van der Waals surface area contributed by atoms with E-state index in [-0.39, 0.29) is 12.5 Å². The molecule has 0 radical (unpaired) electrons. The number of likely N-dealkylation sites (N-methyl/N-ethyl adjacent to an activating group) is 1. The van der Waals surface area contributed by atoms with Gasteiger partial charge in [0.05, 0.1) is 19.0 Å². The average molecular weight is 355 g/mol. The molecule has 2 aromatic carbocycles. The van der Waals surface area contributed by atoms with Crippen molar-refractivity contribution in [2.45, 2.75) is 13.8 Å². The SMILES string of the molecule is CCN(CC)C(=O)COc1ccc(C=NNc2ccccc2)cc1OC. The fourth-order valence-electron chi connectivity index (χ4n) is 2.38. The lowest BCUT2D eigenvalue weighted by Gasteiger charge is -2.19. The van der Waals surface area contributed by atoms with E-state index in [0.717, 1.165) is 11.3 Å². The van der Waals surface area contributed by atoms with Gasteiger partial charge in [-0.25, -0.2) is 0 Å². The number of rotatable bonds is 9. The van der Waals surface area contributed by atoms with Crippen LogP contribution in [0.1, 0.15) is 19.4 Å². The van der Waals surface area contributed by atoms with E-state index in [0.29, 0.717) is 24.6 Å². The van der Waals surface area contributed by atoms with E-state index in [1.54, 1.807) is 24.3 Å². The number of amides is 1. The molecular formula is C20H25N3O3. The van der Waals surface area contributed by atoms with E-state index in [1.165, 1.54) is 0 Å². The van der Waals surface area contributed by atoms with Gasteiger partial charge in [-0.3, -0.25) is 10.2 Å². The van der Waals surface area contributed by atoms with Crippen molar-refractivity contribution < 1.29 is 14.3 Å². The quantitative estimate of drug-likeness (QED) is 0.553. The zero-order chi connectivity index (χ0) is 18.8. The van der Waals surface area contributed by atoms with Gasteiger partial charge in [-0.1, -0.05) is 18.2 Å². The minimum Gasteiger partial charge on any atom is -0.493 e. The number of carbonyl (C=O) groups is 1. The van der Waals surface area contributed by atoms with Crippen LogP contribution >= 0.6 is 0 Å². The monoisotopic (exact) mass is 355 g/mol. The van der Waals surface area contributed by atoms with E-state index >= 15 is 0 Å². The van der Waals surface area contributed by atoms with Crippen LogP contribution < -0.4 is 14.9 Å². The maximum absolute atomic E-state index is 12.1. The Kier molecular flexibility index (Phi) is 7.49. The second kappa shape index (κ2) is 10.1. The van der Waals surface area contributed by atoms with E-state index in [9.17, 15) is 4.79 Å². The van der Waals surface area contributed by atoms with Crippen LogP contribution in [-0.2, 0) is 4.79 Å². The molecule has 1 N–H and O–H groups in total. The third-order valence-electron chi connectivity index (χ3n) is 3.84. The zero-order valence-corrected chi connectivity index (χ0v) is 15.4. The Morgan fingerprint density at radius 3 is 2.50 bits per heavy atom. The summed E-state index contributed by atoms with van der Waals surface area (Å²) in [6, 6.07) is 15.1. The molecule has 0 aliphatic rings. The molecule has 0 saturated carbocycles. The van der Waals surface area contributed by atoms with Gasteiger partial charge in [0, 0.05) is 13.1 Å². The second-order valence-electron chi connectivity index (χ2n) is 5.50. The summed E-state index contributed by atoms with van der Waals surface area (Å²) in [5.41, 5.74) is 4.72. The third kappa shape index (κ3) is 5.51. The Morgan fingerprint density at radius 1 is 1.12 bits per heavy atom. The van der Waals surface area contributed by atoms with Crippen LogP contribution in [0.15, 0.2) is 53.6 Å². The highest BCUT2D eigenvalue weighted by Crippen LogP contribution is 2.27. The molecule has 2 aromatic rings. The number of methoxy groups -OCH3 is 1. The number of hydrogen-bond acceptors (Lipinski definition) is 5. The molecule has 0 saturated heterocycles. The first kappa shape index (κ1) is 19.3. The van der Waals surface area contributed by atoms with E-state index < -0.39 is 0 Å². The number of nitrogens with zero attached hydrogens (tertiary/aromatic N) is 2. The number of hydrogen-bond donors (Lipinski definition) is 1. The van der Waals surface area contributed by atoms with E-state index in [1.807, 2.05) is 56.3 Å². The molecule has 6 heteroatoms. The molecule has 1 amide bonds. The molecule has 6 nitrogen and oxygen atoms in total. The van der Waals surface area contributed by atoms with Crippen molar-refractivity contribution in [1.29, 1.82) is 0 Å². The number of nitrogens with one attached hydrogen (secondary N) is 1. The standard InChI is InChI=1S/C20H25N3O3/c1-4-23(5-2)20(24)15-26-18-12-11-16(13-19(18)25-3)14-21-22-17-9-7-6-8-10-17/h6-14,22H,4-5,15H2,1-3H3. The van der Waals surface area contributed by atoms with Crippen LogP contribution in [0.2, 0.25) is 0 Å². The summed E-state index contributed by atoms with van der Waals surface area (Å²) in [4.78, 5) is 13.8. The minimum absolute atomic E-state index is 0.0129. The molecule has 0 atom stereocenters. The summed E-state index contributed by atoms with van der Waals surface area (Å²) in [6.07, 6.45) is 1.69. The van der Waals surface area contributed by atoms with Crippen molar-refractivity contribution in [2.75, 3.05) is 32.2 Å². The van der Waals surface area contributed by atoms with Crippen LogP contribution in [0, 0.1) is 0 Å². The lowest BCUT2D eigenvalue weighted by Crippen LogP contribution is -2.34. The van der Waals surface area contributed by atoms with Gasteiger partial charge in [0.25, 0.3) is 5.91 Å². The predicted molar refractivity (Wildman–Crippen MR) is 104 cm³/mol. The van der Waals surface area contributed by atoms with Gasteiger partial charge in [-0.05, 0) is 49.7 Å². The van der Waals surface area contributed by atoms with Crippen molar-refractivity contribution in [3.05, 3.63) is 54.1 Å². The minimum atomic E-state index is -0.0465. The first-order valence-electron chi connectivity index (χ1n) is 8.60. The van der Waals surface area contributed by atoms with Gasteiger partial charge in [-0.15, -0.1) is 0 Å². The Bertz CT molecular complexity index is 728. The molecule has 0 heterocycles. The lowest BCUT2D eigenvalue weighted by molar-refractivity contribution is -0.132. The molecule has 0 unspecified atom stereocenters. The fraction of sp³-hybridized carbons (Fsp3) is 0.300. The van der Waals surface area contributed by atoms with E-state index in [2.05, 4.69) is 10.5 Å².